The van der Waals surface area contributed by atoms with Gasteiger partial charge in [0.05, 0.1) is 12.2 Å². The zero-order valence-electron chi connectivity index (χ0n) is 12.6. The second-order valence-electron chi connectivity index (χ2n) is 5.22. The van der Waals surface area contributed by atoms with Crippen LogP contribution >= 0.6 is 0 Å². The van der Waals surface area contributed by atoms with Crippen LogP contribution in [0.2, 0.25) is 0 Å². The zero-order valence-corrected chi connectivity index (χ0v) is 12.6. The van der Waals surface area contributed by atoms with Crippen molar-refractivity contribution in [3.05, 3.63) is 47.5 Å². The number of hydrogen-bond donors (Lipinski definition) is 1. The molecule has 1 unspecified atom stereocenters. The molecule has 108 valence electrons. The number of nitrogens with one attached hydrogen (secondary N) is 1. The van der Waals surface area contributed by atoms with Gasteiger partial charge in [-0.05, 0) is 37.4 Å². The molecular formula is C16H24N4. The van der Waals surface area contributed by atoms with Crippen molar-refractivity contribution in [1.29, 1.82) is 0 Å². The molecule has 4 heteroatoms. The molecular weight excluding hydrogens is 248 g/mol. The first-order chi connectivity index (χ1) is 9.74. The Kier molecular flexibility index (Phi) is 5.30. The fourth-order valence-corrected chi connectivity index (χ4v) is 2.33. The monoisotopic (exact) mass is 272 g/mol. The predicted molar refractivity (Wildman–Crippen MR) is 81.6 cm³/mol. The number of nitrogens with zero attached hydrogens (tertiary/aromatic N) is 3. The first-order valence-electron chi connectivity index (χ1n) is 7.41. The number of hydrogen-bond acceptors (Lipinski definition) is 3. The molecule has 0 fully saturated rings. The first-order valence-corrected chi connectivity index (χ1v) is 7.41. The molecule has 0 aromatic carbocycles. The van der Waals surface area contributed by atoms with Gasteiger partial charge in [0.15, 0.2) is 0 Å². The van der Waals surface area contributed by atoms with Crippen molar-refractivity contribution in [1.82, 2.24) is 20.1 Å². The second kappa shape index (κ2) is 7.20. The van der Waals surface area contributed by atoms with E-state index < -0.39 is 0 Å². The van der Waals surface area contributed by atoms with Crippen LogP contribution in [0.3, 0.4) is 0 Å². The number of aromatic nitrogens is 3. The van der Waals surface area contributed by atoms with Gasteiger partial charge in [-0.3, -0.25) is 9.67 Å². The molecule has 0 saturated heterocycles. The standard InChI is InChI=1S/C16H24N4/c1-4-6-18-16(14-8-13(3)9-17-10-14)15-11-19-20(12-15)7-5-2/h8-12,16,18H,4-7H2,1-3H3. The minimum Gasteiger partial charge on any atom is -0.306 e. The maximum absolute atomic E-state index is 4.44. The van der Waals surface area contributed by atoms with Crippen molar-refractivity contribution in [2.45, 2.75) is 46.2 Å². The van der Waals surface area contributed by atoms with E-state index in [4.69, 9.17) is 0 Å². The molecule has 4 nitrogen and oxygen atoms in total. The molecule has 0 saturated carbocycles. The molecule has 0 aliphatic rings. The molecule has 20 heavy (non-hydrogen) atoms. The highest BCUT2D eigenvalue weighted by Gasteiger charge is 2.15. The molecule has 1 atom stereocenters. The summed E-state index contributed by atoms with van der Waals surface area (Å²) in [5, 5.41) is 8.03. The highest BCUT2D eigenvalue weighted by molar-refractivity contribution is 5.29. The molecule has 2 rings (SSSR count). The van der Waals surface area contributed by atoms with Crippen molar-refractivity contribution in [3.63, 3.8) is 0 Å². The molecule has 2 aromatic rings. The van der Waals surface area contributed by atoms with Gasteiger partial charge < -0.3 is 5.32 Å². The van der Waals surface area contributed by atoms with Crippen LogP contribution in [0.4, 0.5) is 0 Å². The Hall–Kier alpha value is -1.68. The van der Waals surface area contributed by atoms with E-state index in [0.29, 0.717) is 0 Å². The number of rotatable bonds is 7. The van der Waals surface area contributed by atoms with E-state index in [-0.39, 0.29) is 6.04 Å². The smallest absolute Gasteiger partial charge is 0.0623 e. The molecule has 0 bridgehead atoms. The van der Waals surface area contributed by atoms with Crippen molar-refractivity contribution < 1.29 is 0 Å². The molecule has 0 amide bonds. The highest BCUT2D eigenvalue weighted by atomic mass is 15.3. The molecule has 1 N–H and O–H groups in total. The van der Waals surface area contributed by atoms with Crippen LogP contribution in [0.5, 0.6) is 0 Å². The summed E-state index contributed by atoms with van der Waals surface area (Å²) >= 11 is 0. The molecule has 0 aliphatic carbocycles. The van der Waals surface area contributed by atoms with E-state index >= 15 is 0 Å². The van der Waals surface area contributed by atoms with Crippen molar-refractivity contribution in [3.8, 4) is 0 Å². The third-order valence-electron chi connectivity index (χ3n) is 3.27. The summed E-state index contributed by atoms with van der Waals surface area (Å²) in [7, 11) is 0. The molecule has 2 aromatic heterocycles. The van der Waals surface area contributed by atoms with Gasteiger partial charge in [-0.1, -0.05) is 19.9 Å². The zero-order chi connectivity index (χ0) is 14.4. The van der Waals surface area contributed by atoms with Gasteiger partial charge in [-0.2, -0.15) is 5.10 Å². The fraction of sp³-hybridized carbons (Fsp3) is 0.500. The molecule has 0 aliphatic heterocycles. The van der Waals surface area contributed by atoms with Crippen LogP contribution in [0.25, 0.3) is 0 Å². The SMILES string of the molecule is CCCNC(c1cncc(C)c1)c1cnn(CCC)c1. The summed E-state index contributed by atoms with van der Waals surface area (Å²) in [5.41, 5.74) is 3.60. The van der Waals surface area contributed by atoms with Crippen molar-refractivity contribution in [2.24, 2.45) is 0 Å². The van der Waals surface area contributed by atoms with Crippen LogP contribution in [-0.4, -0.2) is 21.3 Å². The maximum Gasteiger partial charge on any atom is 0.0623 e. The van der Waals surface area contributed by atoms with E-state index in [2.05, 4.69) is 48.4 Å². The van der Waals surface area contributed by atoms with Crippen LogP contribution in [0.15, 0.2) is 30.9 Å². The lowest BCUT2D eigenvalue weighted by atomic mass is 10.0. The quantitative estimate of drug-likeness (QED) is 0.842. The van der Waals surface area contributed by atoms with Gasteiger partial charge in [0, 0.05) is 30.7 Å². The number of pyridine rings is 1. The van der Waals surface area contributed by atoms with Crippen LogP contribution in [0, 0.1) is 6.92 Å². The molecule has 2 heterocycles. The number of aryl methyl sites for hydroxylation is 2. The highest BCUT2D eigenvalue weighted by Crippen LogP contribution is 2.21. The van der Waals surface area contributed by atoms with E-state index in [9.17, 15) is 0 Å². The third kappa shape index (κ3) is 3.67. The minimum atomic E-state index is 0.174. The summed E-state index contributed by atoms with van der Waals surface area (Å²) in [5.74, 6) is 0. The van der Waals surface area contributed by atoms with Gasteiger partial charge in [-0.25, -0.2) is 0 Å². The van der Waals surface area contributed by atoms with Gasteiger partial charge >= 0.3 is 0 Å². The Balaban J connectivity index is 2.26. The normalized spacial score (nSPS) is 12.6. The summed E-state index contributed by atoms with van der Waals surface area (Å²) in [6.07, 6.45) is 10.1. The minimum absolute atomic E-state index is 0.174. The fourth-order valence-electron chi connectivity index (χ4n) is 2.33. The topological polar surface area (TPSA) is 42.7 Å². The maximum atomic E-state index is 4.44. The summed E-state index contributed by atoms with van der Waals surface area (Å²) in [6.45, 7) is 8.37. The lowest BCUT2D eigenvalue weighted by molar-refractivity contribution is 0.587. The third-order valence-corrected chi connectivity index (χ3v) is 3.27. The van der Waals surface area contributed by atoms with E-state index in [1.54, 1.807) is 0 Å². The van der Waals surface area contributed by atoms with E-state index in [1.807, 2.05) is 23.3 Å². The average Bonchev–Trinajstić information content (AvgIpc) is 2.88. The summed E-state index contributed by atoms with van der Waals surface area (Å²) < 4.78 is 2.01. The van der Waals surface area contributed by atoms with Crippen molar-refractivity contribution in [2.75, 3.05) is 6.54 Å². The van der Waals surface area contributed by atoms with E-state index in [1.165, 1.54) is 16.7 Å². The van der Waals surface area contributed by atoms with Gasteiger partial charge in [0.2, 0.25) is 0 Å². The first kappa shape index (κ1) is 14.7. The molecule has 0 radical (unpaired) electrons. The Morgan fingerprint density at radius 2 is 2.00 bits per heavy atom. The Morgan fingerprint density at radius 1 is 1.15 bits per heavy atom. The van der Waals surface area contributed by atoms with Crippen molar-refractivity contribution >= 4 is 0 Å². The van der Waals surface area contributed by atoms with Crippen LogP contribution < -0.4 is 5.32 Å². The predicted octanol–water partition coefficient (Wildman–Crippen LogP) is 3.09. The lowest BCUT2D eigenvalue weighted by Crippen LogP contribution is -2.23. The Morgan fingerprint density at radius 3 is 2.70 bits per heavy atom. The Bertz CT molecular complexity index is 533. The second-order valence-corrected chi connectivity index (χ2v) is 5.22. The van der Waals surface area contributed by atoms with Gasteiger partial charge in [-0.15, -0.1) is 0 Å². The largest absolute Gasteiger partial charge is 0.306 e. The summed E-state index contributed by atoms with van der Waals surface area (Å²) in [6, 6.07) is 2.37. The average molecular weight is 272 g/mol. The van der Waals surface area contributed by atoms with Crippen LogP contribution in [0.1, 0.15) is 49.4 Å². The van der Waals surface area contributed by atoms with Gasteiger partial charge in [0.1, 0.15) is 0 Å². The van der Waals surface area contributed by atoms with Gasteiger partial charge in [0.25, 0.3) is 0 Å². The van der Waals surface area contributed by atoms with Crippen LogP contribution in [-0.2, 0) is 6.54 Å². The Labute approximate surface area is 121 Å². The molecule has 0 spiro atoms. The van der Waals surface area contributed by atoms with E-state index in [0.717, 1.165) is 25.9 Å². The lowest BCUT2D eigenvalue weighted by Gasteiger charge is -2.17. The summed E-state index contributed by atoms with van der Waals surface area (Å²) in [4.78, 5) is 4.31.